The van der Waals surface area contributed by atoms with Crippen molar-refractivity contribution < 1.29 is 4.79 Å². The second-order valence-corrected chi connectivity index (χ2v) is 6.36. The molecule has 0 aromatic rings. The van der Waals surface area contributed by atoms with Crippen molar-refractivity contribution in [2.75, 3.05) is 32.7 Å². The second kappa shape index (κ2) is 9.38. The molecule has 2 aliphatic rings. The Bertz CT molecular complexity index is 272. The summed E-state index contributed by atoms with van der Waals surface area (Å²) in [7, 11) is 0. The van der Waals surface area contributed by atoms with E-state index in [-0.39, 0.29) is 0 Å². The van der Waals surface area contributed by atoms with E-state index in [9.17, 15) is 4.79 Å². The summed E-state index contributed by atoms with van der Waals surface area (Å²) in [5, 5.41) is 0. The molecule has 0 radical (unpaired) electrons. The predicted octanol–water partition coefficient (Wildman–Crippen LogP) is 3.39. The van der Waals surface area contributed by atoms with Crippen molar-refractivity contribution in [2.24, 2.45) is 11.8 Å². The Kier molecular flexibility index (Phi) is 8.20. The van der Waals surface area contributed by atoms with Gasteiger partial charge in [-0.2, -0.15) is 0 Å². The zero-order valence-corrected chi connectivity index (χ0v) is 14.0. The number of hydrogen-bond acceptors (Lipinski definition) is 2. The van der Waals surface area contributed by atoms with E-state index < -0.39 is 0 Å². The predicted molar refractivity (Wildman–Crippen MR) is 85.8 cm³/mol. The van der Waals surface area contributed by atoms with Gasteiger partial charge in [0.05, 0.1) is 0 Å². The molecule has 1 amide bonds. The first-order valence-corrected chi connectivity index (χ1v) is 8.65. The standard InChI is InChI=1S/C15H28N2O.C2H6/c1-13-6-10-17(11-7-13)15(18)4-3-8-16-9-5-14(2)12-16;1-2/h13-14H,3-12H2,1-2H3;1-2H3. The third kappa shape index (κ3) is 5.82. The Morgan fingerprint density at radius 1 is 1.00 bits per heavy atom. The van der Waals surface area contributed by atoms with Crippen molar-refractivity contribution in [3.05, 3.63) is 0 Å². The number of carbonyl (C=O) groups is 1. The lowest BCUT2D eigenvalue weighted by atomic mass is 9.99. The van der Waals surface area contributed by atoms with E-state index in [1.807, 2.05) is 13.8 Å². The molecule has 2 heterocycles. The van der Waals surface area contributed by atoms with Crippen molar-refractivity contribution in [2.45, 2.75) is 59.8 Å². The maximum absolute atomic E-state index is 12.1. The average Bonchev–Trinajstić information content (AvgIpc) is 2.87. The zero-order chi connectivity index (χ0) is 15.0. The van der Waals surface area contributed by atoms with Crippen LogP contribution in [0.1, 0.15) is 59.8 Å². The molecule has 0 N–H and O–H groups in total. The number of amides is 1. The molecular formula is C17H34N2O. The highest BCUT2D eigenvalue weighted by Gasteiger charge is 2.21. The lowest BCUT2D eigenvalue weighted by Crippen LogP contribution is -2.38. The number of carbonyl (C=O) groups excluding carboxylic acids is 1. The van der Waals surface area contributed by atoms with Crippen LogP contribution >= 0.6 is 0 Å². The monoisotopic (exact) mass is 282 g/mol. The molecule has 1 atom stereocenters. The Balaban J connectivity index is 0.000000956. The summed E-state index contributed by atoms with van der Waals surface area (Å²) < 4.78 is 0. The van der Waals surface area contributed by atoms with Crippen LogP contribution in [0.25, 0.3) is 0 Å². The largest absolute Gasteiger partial charge is 0.343 e. The van der Waals surface area contributed by atoms with Crippen molar-refractivity contribution in [1.82, 2.24) is 9.80 Å². The van der Waals surface area contributed by atoms with Gasteiger partial charge in [-0.25, -0.2) is 0 Å². The first-order chi connectivity index (χ1) is 9.65. The fourth-order valence-corrected chi connectivity index (χ4v) is 3.10. The van der Waals surface area contributed by atoms with Gasteiger partial charge in [-0.05, 0) is 50.6 Å². The summed E-state index contributed by atoms with van der Waals surface area (Å²) in [6, 6.07) is 0. The van der Waals surface area contributed by atoms with Gasteiger partial charge in [0.2, 0.25) is 5.91 Å². The van der Waals surface area contributed by atoms with Crippen LogP contribution in [0, 0.1) is 11.8 Å². The smallest absolute Gasteiger partial charge is 0.222 e. The second-order valence-electron chi connectivity index (χ2n) is 6.36. The lowest BCUT2D eigenvalue weighted by Gasteiger charge is -2.30. The van der Waals surface area contributed by atoms with Crippen molar-refractivity contribution in [1.29, 1.82) is 0 Å². The van der Waals surface area contributed by atoms with Gasteiger partial charge in [-0.3, -0.25) is 4.79 Å². The van der Waals surface area contributed by atoms with Crippen LogP contribution in [-0.4, -0.2) is 48.4 Å². The molecule has 118 valence electrons. The Morgan fingerprint density at radius 2 is 1.60 bits per heavy atom. The van der Waals surface area contributed by atoms with Crippen molar-refractivity contribution >= 4 is 5.91 Å². The van der Waals surface area contributed by atoms with E-state index in [0.29, 0.717) is 5.91 Å². The number of rotatable bonds is 4. The molecule has 0 saturated carbocycles. The number of likely N-dealkylation sites (tertiary alicyclic amines) is 2. The van der Waals surface area contributed by atoms with Crippen LogP contribution in [0.2, 0.25) is 0 Å². The van der Waals surface area contributed by atoms with E-state index >= 15 is 0 Å². The molecule has 2 rings (SSSR count). The van der Waals surface area contributed by atoms with Crippen LogP contribution in [0.15, 0.2) is 0 Å². The minimum Gasteiger partial charge on any atom is -0.343 e. The fraction of sp³-hybridized carbons (Fsp3) is 0.941. The van der Waals surface area contributed by atoms with E-state index in [1.54, 1.807) is 0 Å². The van der Waals surface area contributed by atoms with Gasteiger partial charge in [-0.1, -0.05) is 27.7 Å². The maximum Gasteiger partial charge on any atom is 0.222 e. The summed E-state index contributed by atoms with van der Waals surface area (Å²) >= 11 is 0. The molecule has 1 unspecified atom stereocenters. The van der Waals surface area contributed by atoms with Gasteiger partial charge in [0, 0.05) is 26.1 Å². The van der Waals surface area contributed by atoms with E-state index in [0.717, 1.165) is 44.3 Å². The van der Waals surface area contributed by atoms with Crippen LogP contribution in [0.3, 0.4) is 0 Å². The SMILES string of the molecule is CC.CC1CCN(C(=O)CCCN2CCC(C)C2)CC1. The van der Waals surface area contributed by atoms with Crippen LogP contribution in [0.4, 0.5) is 0 Å². The van der Waals surface area contributed by atoms with Crippen LogP contribution < -0.4 is 0 Å². The molecular weight excluding hydrogens is 248 g/mol. The van der Waals surface area contributed by atoms with Gasteiger partial charge < -0.3 is 9.80 Å². The first-order valence-electron chi connectivity index (χ1n) is 8.65. The van der Waals surface area contributed by atoms with Crippen molar-refractivity contribution in [3.8, 4) is 0 Å². The Morgan fingerprint density at radius 3 is 2.15 bits per heavy atom. The van der Waals surface area contributed by atoms with E-state index in [4.69, 9.17) is 0 Å². The highest BCUT2D eigenvalue weighted by molar-refractivity contribution is 5.76. The van der Waals surface area contributed by atoms with Crippen LogP contribution in [-0.2, 0) is 4.79 Å². The van der Waals surface area contributed by atoms with Gasteiger partial charge in [0.25, 0.3) is 0 Å². The van der Waals surface area contributed by atoms with Crippen LogP contribution in [0.5, 0.6) is 0 Å². The van der Waals surface area contributed by atoms with E-state index in [1.165, 1.54) is 32.4 Å². The van der Waals surface area contributed by atoms with Gasteiger partial charge in [0.15, 0.2) is 0 Å². The Labute approximate surface area is 125 Å². The minimum absolute atomic E-state index is 0.383. The normalized spacial score (nSPS) is 24.4. The molecule has 2 saturated heterocycles. The molecule has 20 heavy (non-hydrogen) atoms. The number of piperidine rings is 1. The Hall–Kier alpha value is -0.570. The van der Waals surface area contributed by atoms with Gasteiger partial charge in [-0.15, -0.1) is 0 Å². The average molecular weight is 282 g/mol. The van der Waals surface area contributed by atoms with Crippen molar-refractivity contribution in [3.63, 3.8) is 0 Å². The molecule has 3 nitrogen and oxygen atoms in total. The highest BCUT2D eigenvalue weighted by atomic mass is 16.2. The fourth-order valence-electron chi connectivity index (χ4n) is 3.10. The number of hydrogen-bond donors (Lipinski definition) is 0. The zero-order valence-electron chi connectivity index (χ0n) is 14.0. The summed E-state index contributed by atoms with van der Waals surface area (Å²) in [4.78, 5) is 16.6. The molecule has 0 aromatic heterocycles. The minimum atomic E-state index is 0.383. The topological polar surface area (TPSA) is 23.6 Å². The molecule has 0 bridgehead atoms. The van der Waals surface area contributed by atoms with E-state index in [2.05, 4.69) is 23.6 Å². The molecule has 2 fully saturated rings. The van der Waals surface area contributed by atoms with Gasteiger partial charge >= 0.3 is 0 Å². The first kappa shape index (κ1) is 17.5. The summed E-state index contributed by atoms with van der Waals surface area (Å²) in [5.41, 5.74) is 0. The van der Waals surface area contributed by atoms with Gasteiger partial charge in [0.1, 0.15) is 0 Å². The molecule has 0 aromatic carbocycles. The lowest BCUT2D eigenvalue weighted by molar-refractivity contribution is -0.132. The molecule has 2 aliphatic heterocycles. The molecule has 0 aliphatic carbocycles. The number of nitrogens with zero attached hydrogens (tertiary/aromatic N) is 2. The third-order valence-electron chi connectivity index (χ3n) is 4.51. The summed E-state index contributed by atoms with van der Waals surface area (Å²) in [6.07, 6.45) is 5.50. The highest BCUT2D eigenvalue weighted by Crippen LogP contribution is 2.18. The molecule has 0 spiro atoms. The quantitative estimate of drug-likeness (QED) is 0.789. The summed E-state index contributed by atoms with van der Waals surface area (Å²) in [5.74, 6) is 2.04. The summed E-state index contributed by atoms with van der Waals surface area (Å²) in [6.45, 7) is 14.2. The molecule has 3 heteroatoms. The third-order valence-corrected chi connectivity index (χ3v) is 4.51. The maximum atomic E-state index is 12.1.